The second-order valence-corrected chi connectivity index (χ2v) is 10.2. The Balaban J connectivity index is 1.67. The molecular formula is C30H33N3O6. The van der Waals surface area contributed by atoms with Gasteiger partial charge in [0.25, 0.3) is 5.56 Å². The number of nitrogens with two attached hydrogens (primary N) is 1. The average Bonchev–Trinajstić information content (AvgIpc) is 3.49. The van der Waals surface area contributed by atoms with Gasteiger partial charge in [-0.1, -0.05) is 24.3 Å². The molecule has 0 aliphatic carbocycles. The van der Waals surface area contributed by atoms with E-state index in [1.165, 1.54) is 10.8 Å². The maximum atomic E-state index is 13.8. The molecule has 204 valence electrons. The molecule has 9 nitrogen and oxygen atoms in total. The van der Waals surface area contributed by atoms with E-state index in [0.717, 1.165) is 35.1 Å². The number of rotatable bonds is 9. The number of fused-ring (bicyclic) bond motifs is 1. The fourth-order valence-electron chi connectivity index (χ4n) is 5.02. The van der Waals surface area contributed by atoms with Crippen molar-refractivity contribution in [3.8, 4) is 17.2 Å². The quantitative estimate of drug-likeness (QED) is 0.341. The van der Waals surface area contributed by atoms with Gasteiger partial charge in [0.15, 0.2) is 0 Å². The fraction of sp³-hybridized carbons (Fsp3) is 0.367. The first kappa shape index (κ1) is 26.6. The Hall–Kier alpha value is -3.95. The molecular weight excluding hydrogens is 498 g/mol. The molecule has 1 aliphatic heterocycles. The standard InChI is InChI=1S/C30H33N3O6/c1-30(2,29(31)35)33-18-20(22-9-8-19(16-24(22)28(33)34)27-32-12-15-38-27)17-26(39-21-10-13-37-14-11-21)23-6-4-5-7-25(23)36-3/h4-9,12,15-16,18,21,26H,10-11,13-14,17H2,1-3H3,(H2,31,35)/t26-/m0/s1. The van der Waals surface area contributed by atoms with E-state index in [-0.39, 0.29) is 17.8 Å². The van der Waals surface area contributed by atoms with Gasteiger partial charge in [-0.3, -0.25) is 9.59 Å². The van der Waals surface area contributed by atoms with Gasteiger partial charge in [0.1, 0.15) is 17.6 Å². The zero-order valence-corrected chi connectivity index (χ0v) is 22.4. The highest BCUT2D eigenvalue weighted by atomic mass is 16.5. The number of nitrogens with zero attached hydrogens (tertiary/aromatic N) is 2. The van der Waals surface area contributed by atoms with Gasteiger partial charge < -0.3 is 28.9 Å². The molecule has 2 aromatic carbocycles. The topological polar surface area (TPSA) is 119 Å². The molecule has 5 rings (SSSR count). The number of oxazole rings is 1. The lowest BCUT2D eigenvalue weighted by Gasteiger charge is -2.30. The van der Waals surface area contributed by atoms with Crippen molar-refractivity contribution in [2.24, 2.45) is 5.73 Å². The van der Waals surface area contributed by atoms with E-state index in [9.17, 15) is 9.59 Å². The lowest BCUT2D eigenvalue weighted by Crippen LogP contribution is -2.46. The Morgan fingerprint density at radius 1 is 1.18 bits per heavy atom. The molecule has 1 fully saturated rings. The molecule has 0 unspecified atom stereocenters. The van der Waals surface area contributed by atoms with Crippen LogP contribution in [0.2, 0.25) is 0 Å². The third-order valence-corrected chi connectivity index (χ3v) is 7.40. The van der Waals surface area contributed by atoms with E-state index in [1.54, 1.807) is 39.4 Å². The van der Waals surface area contributed by atoms with Gasteiger partial charge in [-0.15, -0.1) is 0 Å². The van der Waals surface area contributed by atoms with E-state index < -0.39 is 11.4 Å². The molecule has 1 amide bonds. The molecule has 0 spiro atoms. The Kier molecular flexibility index (Phi) is 7.54. The van der Waals surface area contributed by atoms with Crippen LogP contribution in [0.1, 0.15) is 43.9 Å². The van der Waals surface area contributed by atoms with Gasteiger partial charge in [-0.25, -0.2) is 4.98 Å². The van der Waals surface area contributed by atoms with Crippen LogP contribution >= 0.6 is 0 Å². The van der Waals surface area contributed by atoms with Crippen molar-refractivity contribution in [3.63, 3.8) is 0 Å². The molecule has 0 radical (unpaired) electrons. The highest BCUT2D eigenvalue weighted by Crippen LogP contribution is 2.35. The lowest BCUT2D eigenvalue weighted by atomic mass is 9.94. The summed E-state index contributed by atoms with van der Waals surface area (Å²) in [5, 5.41) is 1.18. The molecule has 2 aromatic heterocycles. The number of amides is 1. The van der Waals surface area contributed by atoms with Crippen molar-refractivity contribution in [2.45, 2.75) is 50.9 Å². The van der Waals surface area contributed by atoms with E-state index >= 15 is 0 Å². The lowest BCUT2D eigenvalue weighted by molar-refractivity contribution is -0.125. The summed E-state index contributed by atoms with van der Waals surface area (Å²) >= 11 is 0. The minimum atomic E-state index is -1.26. The van der Waals surface area contributed by atoms with E-state index in [4.69, 9.17) is 24.4 Å². The maximum Gasteiger partial charge on any atom is 0.259 e. The van der Waals surface area contributed by atoms with Gasteiger partial charge in [-0.2, -0.15) is 0 Å². The summed E-state index contributed by atoms with van der Waals surface area (Å²) in [5.74, 6) is 0.506. The number of primary amides is 1. The first-order valence-electron chi connectivity index (χ1n) is 13.0. The maximum absolute atomic E-state index is 13.8. The van der Waals surface area contributed by atoms with Crippen molar-refractivity contribution >= 4 is 16.7 Å². The molecule has 1 atom stereocenters. The molecule has 3 heterocycles. The first-order valence-corrected chi connectivity index (χ1v) is 13.0. The van der Waals surface area contributed by atoms with Crippen LogP contribution < -0.4 is 16.0 Å². The largest absolute Gasteiger partial charge is 0.496 e. The van der Waals surface area contributed by atoms with Crippen molar-refractivity contribution in [1.82, 2.24) is 9.55 Å². The molecule has 1 saturated heterocycles. The summed E-state index contributed by atoms with van der Waals surface area (Å²) in [6.07, 6.45) is 6.43. The summed E-state index contributed by atoms with van der Waals surface area (Å²) < 4.78 is 24.8. The number of pyridine rings is 1. The SMILES string of the molecule is COc1ccccc1[C@H](Cc1cn(C(C)(C)C(N)=O)c(=O)c2cc(-c3ncco3)ccc12)OC1CCOCC1. The van der Waals surface area contributed by atoms with Crippen LogP contribution in [-0.2, 0) is 26.2 Å². The molecule has 1 aliphatic rings. The second-order valence-electron chi connectivity index (χ2n) is 10.2. The zero-order chi connectivity index (χ0) is 27.6. The zero-order valence-electron chi connectivity index (χ0n) is 22.4. The number of hydrogen-bond acceptors (Lipinski definition) is 7. The minimum absolute atomic E-state index is 0.0181. The van der Waals surface area contributed by atoms with Crippen LogP contribution in [0.4, 0.5) is 0 Å². The summed E-state index contributed by atoms with van der Waals surface area (Å²) in [4.78, 5) is 30.4. The third kappa shape index (κ3) is 5.32. The van der Waals surface area contributed by atoms with Crippen LogP contribution in [0, 0.1) is 0 Å². The van der Waals surface area contributed by atoms with Crippen molar-refractivity contribution < 1.29 is 23.4 Å². The van der Waals surface area contributed by atoms with Crippen LogP contribution in [-0.4, -0.2) is 41.9 Å². The number of carbonyl (C=O) groups is 1. The van der Waals surface area contributed by atoms with E-state index in [1.807, 2.05) is 36.4 Å². The second kappa shape index (κ2) is 11.0. The number of methoxy groups -OCH3 is 1. The number of carbonyl (C=O) groups excluding carboxylic acids is 1. The average molecular weight is 532 g/mol. The summed E-state index contributed by atoms with van der Waals surface area (Å²) in [6, 6.07) is 13.3. The van der Waals surface area contributed by atoms with Crippen molar-refractivity contribution in [2.75, 3.05) is 20.3 Å². The molecule has 0 bridgehead atoms. The molecule has 0 saturated carbocycles. The first-order chi connectivity index (χ1) is 18.8. The Morgan fingerprint density at radius 3 is 2.64 bits per heavy atom. The highest BCUT2D eigenvalue weighted by molar-refractivity contribution is 5.89. The predicted molar refractivity (Wildman–Crippen MR) is 147 cm³/mol. The number of aromatic nitrogens is 2. The van der Waals surface area contributed by atoms with Crippen molar-refractivity contribution in [1.29, 1.82) is 0 Å². The number of ether oxygens (including phenoxy) is 3. The van der Waals surface area contributed by atoms with Crippen LogP contribution in [0.5, 0.6) is 5.75 Å². The highest BCUT2D eigenvalue weighted by Gasteiger charge is 2.31. The van der Waals surface area contributed by atoms with Gasteiger partial charge >= 0.3 is 0 Å². The third-order valence-electron chi connectivity index (χ3n) is 7.40. The van der Waals surface area contributed by atoms with E-state index in [2.05, 4.69) is 4.98 Å². The molecule has 9 heteroatoms. The van der Waals surface area contributed by atoms with Gasteiger partial charge in [0.2, 0.25) is 11.8 Å². The fourth-order valence-corrected chi connectivity index (χ4v) is 5.02. The molecule has 4 aromatic rings. The van der Waals surface area contributed by atoms with Crippen LogP contribution in [0.25, 0.3) is 22.2 Å². The normalized spacial score (nSPS) is 15.4. The van der Waals surface area contributed by atoms with Crippen LogP contribution in [0.15, 0.2) is 70.3 Å². The number of para-hydroxylation sites is 1. The summed E-state index contributed by atoms with van der Waals surface area (Å²) in [5.41, 5.74) is 6.55. The Morgan fingerprint density at radius 2 is 1.95 bits per heavy atom. The summed E-state index contributed by atoms with van der Waals surface area (Å²) in [7, 11) is 1.64. The van der Waals surface area contributed by atoms with E-state index in [0.29, 0.717) is 36.5 Å². The Labute approximate surface area is 226 Å². The van der Waals surface area contributed by atoms with Crippen LogP contribution in [0.3, 0.4) is 0 Å². The predicted octanol–water partition coefficient (Wildman–Crippen LogP) is 4.36. The summed E-state index contributed by atoms with van der Waals surface area (Å²) in [6.45, 7) is 4.57. The molecule has 2 N–H and O–H groups in total. The smallest absolute Gasteiger partial charge is 0.259 e. The van der Waals surface area contributed by atoms with Gasteiger partial charge in [-0.05, 0) is 55.8 Å². The molecule has 39 heavy (non-hydrogen) atoms. The minimum Gasteiger partial charge on any atom is -0.496 e. The van der Waals surface area contributed by atoms with Gasteiger partial charge in [0, 0.05) is 42.3 Å². The van der Waals surface area contributed by atoms with Gasteiger partial charge in [0.05, 0.1) is 25.5 Å². The number of hydrogen-bond donors (Lipinski definition) is 1. The van der Waals surface area contributed by atoms with Crippen molar-refractivity contribution in [3.05, 3.63) is 82.6 Å². The monoisotopic (exact) mass is 531 g/mol. The Bertz CT molecular complexity index is 1520. The number of benzene rings is 2.